The van der Waals surface area contributed by atoms with Gasteiger partial charge in [0.1, 0.15) is 12.4 Å². The van der Waals surface area contributed by atoms with Gasteiger partial charge in [-0.15, -0.1) is 0 Å². The molecule has 1 atom stereocenters. The van der Waals surface area contributed by atoms with Crippen LogP contribution in [0.5, 0.6) is 5.75 Å². The predicted molar refractivity (Wildman–Crippen MR) is 149 cm³/mol. The summed E-state index contributed by atoms with van der Waals surface area (Å²) < 4.78 is 7.63. The van der Waals surface area contributed by atoms with Crippen LogP contribution in [-0.4, -0.2) is 59.0 Å². The van der Waals surface area contributed by atoms with Gasteiger partial charge in [0.2, 0.25) is 5.91 Å². The lowest BCUT2D eigenvalue weighted by molar-refractivity contribution is -0.120. The van der Waals surface area contributed by atoms with Gasteiger partial charge in [0.05, 0.1) is 37.3 Å². The molecular weight excluding hydrogens is 525 g/mol. The minimum absolute atomic E-state index is 0.0165. The van der Waals surface area contributed by atoms with E-state index >= 15 is 0 Å². The highest BCUT2D eigenvalue weighted by Crippen LogP contribution is 2.29. The van der Waals surface area contributed by atoms with Crippen LogP contribution in [0.3, 0.4) is 0 Å². The Bertz CT molecular complexity index is 1400. The quantitative estimate of drug-likeness (QED) is 0.443. The standard InChI is InChI=1S/C28H29Cl2N5O3/c1-18-15-34(17-32-18)25-8-5-19(11-26(25)37-2)10-21-4-3-9-35-23(16-38-33-28(21)35)14-31-27(36)12-20-6-7-22(29)13-24(20)30/h5-8,10-11,13,15,17,23H,3-4,9,12,14,16H2,1-2H3,(H,31,36)/b21-10+/t23-/m0/s1. The molecule has 0 spiro atoms. The number of rotatable bonds is 7. The second-order valence-corrected chi connectivity index (χ2v) is 10.2. The molecule has 3 heterocycles. The van der Waals surface area contributed by atoms with Crippen LogP contribution in [0.2, 0.25) is 10.0 Å². The normalized spacial score (nSPS) is 18.0. The summed E-state index contributed by atoms with van der Waals surface area (Å²) in [6.45, 7) is 3.66. The SMILES string of the molecule is COc1cc(/C=C2\CCCN3C2=NOC[C@@H]3CNC(=O)Cc2ccc(Cl)cc2Cl)ccc1-n1cnc(C)c1. The third-order valence-corrected chi connectivity index (χ3v) is 7.29. The van der Waals surface area contributed by atoms with E-state index in [1.165, 1.54) is 0 Å². The number of nitrogens with zero attached hydrogens (tertiary/aromatic N) is 4. The molecule has 1 aromatic heterocycles. The number of nitrogens with one attached hydrogen (secondary N) is 1. The zero-order valence-electron chi connectivity index (χ0n) is 21.3. The first-order valence-corrected chi connectivity index (χ1v) is 13.2. The molecule has 1 saturated heterocycles. The largest absolute Gasteiger partial charge is 0.495 e. The van der Waals surface area contributed by atoms with Crippen molar-refractivity contribution in [2.75, 3.05) is 26.8 Å². The van der Waals surface area contributed by atoms with E-state index in [1.54, 1.807) is 31.6 Å². The summed E-state index contributed by atoms with van der Waals surface area (Å²) in [5, 5.41) is 8.45. The van der Waals surface area contributed by atoms with Crippen molar-refractivity contribution < 1.29 is 14.4 Å². The van der Waals surface area contributed by atoms with Gasteiger partial charge in [0.15, 0.2) is 5.84 Å². The number of ether oxygens (including phenoxy) is 1. The molecule has 1 fully saturated rings. The molecule has 0 saturated carbocycles. The number of aromatic nitrogens is 2. The summed E-state index contributed by atoms with van der Waals surface area (Å²) in [6, 6.07) is 11.2. The number of piperidine rings is 1. The van der Waals surface area contributed by atoms with Gasteiger partial charge in [-0.25, -0.2) is 4.98 Å². The molecule has 2 aliphatic rings. The summed E-state index contributed by atoms with van der Waals surface area (Å²) in [6.07, 6.45) is 7.93. The Morgan fingerprint density at radius 3 is 2.89 bits per heavy atom. The van der Waals surface area contributed by atoms with Gasteiger partial charge < -0.3 is 24.4 Å². The van der Waals surface area contributed by atoms with Crippen LogP contribution in [0.15, 0.2) is 59.7 Å². The van der Waals surface area contributed by atoms with Crippen LogP contribution < -0.4 is 10.1 Å². The van der Waals surface area contributed by atoms with Crippen molar-refractivity contribution in [1.82, 2.24) is 19.8 Å². The van der Waals surface area contributed by atoms with Crippen molar-refractivity contribution in [1.29, 1.82) is 0 Å². The summed E-state index contributed by atoms with van der Waals surface area (Å²) in [4.78, 5) is 24.8. The Balaban J connectivity index is 1.27. The number of hydrogen-bond donors (Lipinski definition) is 1. The Hall–Kier alpha value is -3.49. The first kappa shape index (κ1) is 26.1. The van der Waals surface area contributed by atoms with Gasteiger partial charge in [-0.05, 0) is 66.8 Å². The van der Waals surface area contributed by atoms with Gasteiger partial charge in [-0.3, -0.25) is 4.79 Å². The molecule has 198 valence electrons. The highest BCUT2D eigenvalue weighted by Gasteiger charge is 2.32. The third-order valence-electron chi connectivity index (χ3n) is 6.70. The van der Waals surface area contributed by atoms with E-state index in [-0.39, 0.29) is 18.4 Å². The topological polar surface area (TPSA) is 81.0 Å². The van der Waals surface area contributed by atoms with Crippen LogP contribution in [-0.2, 0) is 16.1 Å². The van der Waals surface area contributed by atoms with Gasteiger partial charge in [0.25, 0.3) is 0 Å². The van der Waals surface area contributed by atoms with Crippen molar-refractivity contribution >= 4 is 41.0 Å². The van der Waals surface area contributed by atoms with Crippen molar-refractivity contribution in [3.05, 3.63) is 81.4 Å². The van der Waals surface area contributed by atoms with E-state index in [0.717, 1.165) is 59.1 Å². The number of carbonyl (C=O) groups is 1. The van der Waals surface area contributed by atoms with Crippen LogP contribution in [0, 0.1) is 6.92 Å². The fourth-order valence-corrected chi connectivity index (χ4v) is 5.25. The monoisotopic (exact) mass is 553 g/mol. The molecule has 2 aliphatic heterocycles. The van der Waals surface area contributed by atoms with Gasteiger partial charge in [0, 0.05) is 29.3 Å². The van der Waals surface area contributed by atoms with Crippen molar-refractivity contribution in [3.63, 3.8) is 0 Å². The minimum Gasteiger partial charge on any atom is -0.495 e. The molecule has 1 amide bonds. The molecular formula is C28H29Cl2N5O3. The van der Waals surface area contributed by atoms with Crippen molar-refractivity contribution in [2.45, 2.75) is 32.2 Å². The van der Waals surface area contributed by atoms with Crippen LogP contribution in [0.25, 0.3) is 11.8 Å². The minimum atomic E-state index is -0.105. The van der Waals surface area contributed by atoms with Gasteiger partial charge in [-0.2, -0.15) is 0 Å². The third kappa shape index (κ3) is 5.81. The average molecular weight is 554 g/mol. The molecule has 2 aromatic carbocycles. The molecule has 0 unspecified atom stereocenters. The van der Waals surface area contributed by atoms with Crippen molar-refractivity contribution in [3.8, 4) is 11.4 Å². The Kier molecular flexibility index (Phi) is 7.90. The summed E-state index contributed by atoms with van der Waals surface area (Å²) in [5.74, 6) is 1.47. The highest BCUT2D eigenvalue weighted by atomic mass is 35.5. The van der Waals surface area contributed by atoms with E-state index in [0.29, 0.717) is 23.2 Å². The number of fused-ring (bicyclic) bond motifs is 1. The van der Waals surface area contributed by atoms with Crippen molar-refractivity contribution in [2.24, 2.45) is 5.16 Å². The fraction of sp³-hybridized carbons (Fsp3) is 0.321. The number of carbonyl (C=O) groups excluding carboxylic acids is 1. The maximum absolute atomic E-state index is 12.6. The number of aryl methyl sites for hydroxylation is 1. The zero-order valence-corrected chi connectivity index (χ0v) is 22.8. The first-order chi connectivity index (χ1) is 18.4. The zero-order chi connectivity index (χ0) is 26.6. The molecule has 0 bridgehead atoms. The Morgan fingerprint density at radius 2 is 2.13 bits per heavy atom. The molecule has 3 aromatic rings. The number of benzene rings is 2. The first-order valence-electron chi connectivity index (χ1n) is 12.5. The van der Waals surface area contributed by atoms with E-state index < -0.39 is 0 Å². The number of halogens is 2. The lowest BCUT2D eigenvalue weighted by Gasteiger charge is -2.40. The molecule has 0 aliphatic carbocycles. The number of methoxy groups -OCH3 is 1. The molecule has 8 nitrogen and oxygen atoms in total. The predicted octanol–water partition coefficient (Wildman–Crippen LogP) is 5.05. The Morgan fingerprint density at radius 1 is 1.26 bits per heavy atom. The molecule has 5 rings (SSSR count). The number of hydrogen-bond acceptors (Lipinski definition) is 6. The number of amidine groups is 1. The highest BCUT2D eigenvalue weighted by molar-refractivity contribution is 6.35. The summed E-state index contributed by atoms with van der Waals surface area (Å²) in [7, 11) is 1.67. The van der Waals surface area contributed by atoms with Crippen LogP contribution in [0.1, 0.15) is 29.7 Å². The van der Waals surface area contributed by atoms with E-state index in [4.69, 9.17) is 32.8 Å². The molecule has 0 radical (unpaired) electrons. The lowest BCUT2D eigenvalue weighted by atomic mass is 9.98. The molecule has 1 N–H and O–H groups in total. The van der Waals surface area contributed by atoms with E-state index in [1.807, 2.05) is 29.8 Å². The fourth-order valence-electron chi connectivity index (χ4n) is 4.77. The van der Waals surface area contributed by atoms with Gasteiger partial charge >= 0.3 is 0 Å². The lowest BCUT2D eigenvalue weighted by Crippen LogP contribution is -2.53. The van der Waals surface area contributed by atoms with Crippen LogP contribution >= 0.6 is 23.2 Å². The summed E-state index contributed by atoms with van der Waals surface area (Å²) in [5.41, 5.74) is 4.71. The number of imidazole rings is 1. The Labute approximate surface area is 231 Å². The smallest absolute Gasteiger partial charge is 0.224 e. The van der Waals surface area contributed by atoms with Crippen LogP contribution in [0.4, 0.5) is 0 Å². The second-order valence-electron chi connectivity index (χ2n) is 9.40. The van der Waals surface area contributed by atoms with E-state index in [2.05, 4.69) is 32.5 Å². The number of oxime groups is 1. The maximum atomic E-state index is 12.6. The molecule has 10 heteroatoms. The maximum Gasteiger partial charge on any atom is 0.224 e. The summed E-state index contributed by atoms with van der Waals surface area (Å²) >= 11 is 12.2. The molecule has 38 heavy (non-hydrogen) atoms. The number of amides is 1. The second kappa shape index (κ2) is 11.5. The van der Waals surface area contributed by atoms with E-state index in [9.17, 15) is 4.79 Å². The average Bonchev–Trinajstić information content (AvgIpc) is 3.35. The van der Waals surface area contributed by atoms with Gasteiger partial charge in [-0.1, -0.05) is 40.5 Å².